The van der Waals surface area contributed by atoms with Gasteiger partial charge < -0.3 is 35.4 Å². The first-order valence-electron chi connectivity index (χ1n) is 4.42. The normalized spacial score (nSPS) is 8.11. The quantitative estimate of drug-likeness (QED) is 0.232. The predicted octanol–water partition coefficient (Wildman–Crippen LogP) is -2.70. The summed E-state index contributed by atoms with van der Waals surface area (Å²) >= 11 is 0. The fraction of sp³-hybridized carbons (Fsp3) is 0.500. The zero-order valence-electron chi connectivity index (χ0n) is 9.55. The van der Waals surface area contributed by atoms with E-state index in [1.54, 1.807) is 0 Å². The average molecular weight is 286 g/mol. The second kappa shape index (κ2) is 15.8. The first-order valence-corrected chi connectivity index (χ1v) is 4.42. The molecule has 0 saturated carbocycles. The Balaban J connectivity index is -0.000000203. The van der Waals surface area contributed by atoms with Gasteiger partial charge in [0, 0.05) is 0 Å². The number of carboxylic acid groups (broad SMARTS) is 4. The molecule has 0 aliphatic carbocycles. The van der Waals surface area contributed by atoms with Crippen LogP contribution in [0.4, 0.5) is 0 Å². The number of carboxylic acids is 4. The van der Waals surface area contributed by atoms with E-state index >= 15 is 0 Å². The number of aliphatic hydroxyl groups excluding tert-OH is 2. The summed E-state index contributed by atoms with van der Waals surface area (Å²) in [6, 6.07) is 0. The lowest BCUT2D eigenvalue weighted by Crippen LogP contribution is -2.09. The molecule has 0 rings (SSSR count). The number of ether oxygens (including phenoxy) is 1. The maximum atomic E-state index is 9.10. The molecule has 0 aromatic carbocycles. The topological polar surface area (TPSA) is 199 Å². The van der Waals surface area contributed by atoms with E-state index in [9.17, 15) is 0 Å². The smallest absolute Gasteiger partial charge is 0.414 e. The van der Waals surface area contributed by atoms with Crippen LogP contribution in [0.25, 0.3) is 0 Å². The van der Waals surface area contributed by atoms with Gasteiger partial charge in [-0.25, -0.2) is 19.2 Å². The van der Waals surface area contributed by atoms with E-state index in [1.165, 1.54) is 0 Å². The molecular weight excluding hydrogens is 272 g/mol. The highest BCUT2D eigenvalue weighted by atomic mass is 16.5. The van der Waals surface area contributed by atoms with Crippen molar-refractivity contribution in [2.24, 2.45) is 0 Å². The molecule has 112 valence electrons. The highest BCUT2D eigenvalue weighted by molar-refractivity contribution is 6.27. The summed E-state index contributed by atoms with van der Waals surface area (Å²) in [5.41, 5.74) is 0. The van der Waals surface area contributed by atoms with E-state index < -0.39 is 23.9 Å². The number of aliphatic hydroxyl groups is 2. The minimum absolute atomic E-state index is 0.0278. The summed E-state index contributed by atoms with van der Waals surface area (Å²) in [6.45, 7) is 0.696. The summed E-state index contributed by atoms with van der Waals surface area (Å²) in [4.78, 5) is 36.4. The number of carbonyl (C=O) groups is 4. The largest absolute Gasteiger partial charge is 0.473 e. The van der Waals surface area contributed by atoms with Crippen LogP contribution < -0.4 is 0 Å². The van der Waals surface area contributed by atoms with Crippen LogP contribution in [0.3, 0.4) is 0 Å². The van der Waals surface area contributed by atoms with Crippen molar-refractivity contribution < 1.29 is 54.6 Å². The standard InChI is InChI=1S/C4H10O3.2C2H2O4/c5-1-3-7-4-2-6;2*3-1(4)2(5)6/h5-6H,1-4H2;2*(H,3,4)(H,5,6). The van der Waals surface area contributed by atoms with Gasteiger partial charge in [0.1, 0.15) is 0 Å². The molecule has 0 aromatic heterocycles. The lowest BCUT2D eigenvalue weighted by Gasteiger charge is -1.94. The van der Waals surface area contributed by atoms with Gasteiger partial charge in [0.05, 0.1) is 26.4 Å². The Morgan fingerprint density at radius 1 is 0.632 bits per heavy atom. The van der Waals surface area contributed by atoms with Crippen molar-refractivity contribution in [3.8, 4) is 0 Å². The van der Waals surface area contributed by atoms with E-state index in [0.717, 1.165) is 0 Å². The lowest BCUT2D eigenvalue weighted by molar-refractivity contribution is -0.159. The molecule has 0 aliphatic rings. The molecular formula is C8H14O11. The fourth-order valence-electron chi connectivity index (χ4n) is 0.231. The number of aliphatic carboxylic acids is 4. The summed E-state index contributed by atoms with van der Waals surface area (Å²) in [6.07, 6.45) is 0. The monoisotopic (exact) mass is 286 g/mol. The second-order valence-corrected chi connectivity index (χ2v) is 2.28. The highest BCUT2D eigenvalue weighted by Gasteiger charge is 2.04. The van der Waals surface area contributed by atoms with Crippen LogP contribution in [0.1, 0.15) is 0 Å². The molecule has 6 N–H and O–H groups in total. The van der Waals surface area contributed by atoms with Crippen molar-refractivity contribution in [1.82, 2.24) is 0 Å². The van der Waals surface area contributed by atoms with Gasteiger partial charge >= 0.3 is 23.9 Å². The van der Waals surface area contributed by atoms with Gasteiger partial charge in [0.2, 0.25) is 0 Å². The summed E-state index contributed by atoms with van der Waals surface area (Å²) < 4.78 is 4.63. The highest BCUT2D eigenvalue weighted by Crippen LogP contribution is 1.68. The molecule has 0 atom stereocenters. The first-order chi connectivity index (χ1) is 8.70. The molecule has 0 fully saturated rings. The Labute approximate surface area is 106 Å². The van der Waals surface area contributed by atoms with E-state index in [0.29, 0.717) is 13.2 Å². The van der Waals surface area contributed by atoms with E-state index in [4.69, 9.17) is 49.8 Å². The molecule has 0 bridgehead atoms. The Morgan fingerprint density at radius 3 is 0.947 bits per heavy atom. The first kappa shape index (κ1) is 22.0. The van der Waals surface area contributed by atoms with Gasteiger partial charge in [-0.2, -0.15) is 0 Å². The maximum absolute atomic E-state index is 9.10. The van der Waals surface area contributed by atoms with Crippen molar-refractivity contribution >= 4 is 23.9 Å². The molecule has 0 amide bonds. The van der Waals surface area contributed by atoms with Crippen molar-refractivity contribution in [2.75, 3.05) is 26.4 Å². The maximum Gasteiger partial charge on any atom is 0.414 e. The van der Waals surface area contributed by atoms with Crippen LogP contribution in [-0.2, 0) is 23.9 Å². The molecule has 11 nitrogen and oxygen atoms in total. The summed E-state index contributed by atoms with van der Waals surface area (Å²) in [5, 5.41) is 45.7. The zero-order valence-corrected chi connectivity index (χ0v) is 9.55. The van der Waals surface area contributed by atoms with Crippen LogP contribution in [-0.4, -0.2) is 80.9 Å². The predicted molar refractivity (Wildman–Crippen MR) is 55.5 cm³/mol. The Bertz CT molecular complexity index is 232. The third-order valence-corrected chi connectivity index (χ3v) is 0.837. The number of rotatable bonds is 4. The van der Waals surface area contributed by atoms with Gasteiger partial charge in [-0.3, -0.25) is 0 Å². The molecule has 11 heteroatoms. The van der Waals surface area contributed by atoms with Gasteiger partial charge in [-0.05, 0) is 0 Å². The number of hydrogen-bond donors (Lipinski definition) is 6. The molecule has 0 unspecified atom stereocenters. The van der Waals surface area contributed by atoms with Gasteiger partial charge in [0.15, 0.2) is 0 Å². The van der Waals surface area contributed by atoms with Crippen LogP contribution in [0, 0.1) is 0 Å². The zero-order chi connectivity index (χ0) is 15.8. The minimum Gasteiger partial charge on any atom is -0.473 e. The van der Waals surface area contributed by atoms with Crippen LogP contribution in [0.5, 0.6) is 0 Å². The van der Waals surface area contributed by atoms with Crippen LogP contribution in [0.2, 0.25) is 0 Å². The van der Waals surface area contributed by atoms with Crippen molar-refractivity contribution in [1.29, 1.82) is 0 Å². The van der Waals surface area contributed by atoms with Gasteiger partial charge in [-0.1, -0.05) is 0 Å². The van der Waals surface area contributed by atoms with Crippen molar-refractivity contribution in [3.63, 3.8) is 0 Å². The molecule has 19 heavy (non-hydrogen) atoms. The Hall–Kier alpha value is -2.24. The minimum atomic E-state index is -1.82. The molecule has 0 aliphatic heterocycles. The molecule has 0 heterocycles. The van der Waals surface area contributed by atoms with Gasteiger partial charge in [-0.15, -0.1) is 0 Å². The molecule has 0 spiro atoms. The van der Waals surface area contributed by atoms with E-state index in [1.807, 2.05) is 0 Å². The Morgan fingerprint density at radius 2 is 0.842 bits per heavy atom. The van der Waals surface area contributed by atoms with Crippen molar-refractivity contribution in [2.45, 2.75) is 0 Å². The van der Waals surface area contributed by atoms with Crippen LogP contribution >= 0.6 is 0 Å². The fourth-order valence-corrected chi connectivity index (χ4v) is 0.231. The summed E-state index contributed by atoms with van der Waals surface area (Å²) in [5.74, 6) is -7.30. The van der Waals surface area contributed by atoms with Gasteiger partial charge in [0.25, 0.3) is 0 Å². The van der Waals surface area contributed by atoms with Crippen LogP contribution in [0.15, 0.2) is 0 Å². The Kier molecular flexibility index (Phi) is 18.2. The molecule has 0 saturated heterocycles. The molecule has 0 aromatic rings. The number of hydrogen-bond acceptors (Lipinski definition) is 7. The summed E-state index contributed by atoms with van der Waals surface area (Å²) in [7, 11) is 0. The average Bonchev–Trinajstić information content (AvgIpc) is 2.31. The lowest BCUT2D eigenvalue weighted by atomic mass is 10.7. The third-order valence-electron chi connectivity index (χ3n) is 0.837. The van der Waals surface area contributed by atoms with Crippen molar-refractivity contribution in [3.05, 3.63) is 0 Å². The van der Waals surface area contributed by atoms with E-state index in [-0.39, 0.29) is 13.2 Å². The SMILES string of the molecule is O=C(O)C(=O)O.O=C(O)C(=O)O.OCCOCCO. The van der Waals surface area contributed by atoms with E-state index in [2.05, 4.69) is 4.74 Å². The second-order valence-electron chi connectivity index (χ2n) is 2.28. The molecule has 0 radical (unpaired) electrons. The third kappa shape index (κ3) is 31.3.